The summed E-state index contributed by atoms with van der Waals surface area (Å²) in [5, 5.41) is 5.07. The van der Waals surface area contributed by atoms with E-state index in [2.05, 4.69) is 10.3 Å². The molecule has 0 spiro atoms. The molecule has 0 aliphatic carbocycles. The molecule has 0 aliphatic heterocycles. The monoisotopic (exact) mass is 338 g/mol. The molecule has 1 amide bonds. The SMILES string of the molecule is O=C(Nc1cc(Cl)ccc1Cl)c1c[nH]c2cc(Cl)ccc12. The van der Waals surface area contributed by atoms with Gasteiger partial charge in [-0.05, 0) is 30.3 Å². The molecule has 3 aromatic rings. The lowest BCUT2D eigenvalue weighted by atomic mass is 10.1. The number of hydrogen-bond acceptors (Lipinski definition) is 1. The summed E-state index contributed by atoms with van der Waals surface area (Å²) in [5.41, 5.74) is 1.78. The Morgan fingerprint density at radius 1 is 1.00 bits per heavy atom. The Morgan fingerprint density at radius 2 is 1.71 bits per heavy atom. The zero-order valence-corrected chi connectivity index (χ0v) is 12.9. The van der Waals surface area contributed by atoms with Crippen molar-refractivity contribution < 1.29 is 4.79 Å². The number of fused-ring (bicyclic) bond motifs is 1. The van der Waals surface area contributed by atoms with Crippen LogP contribution in [-0.2, 0) is 0 Å². The molecule has 1 heterocycles. The number of nitrogens with one attached hydrogen (secondary N) is 2. The molecule has 0 radical (unpaired) electrons. The molecule has 106 valence electrons. The lowest BCUT2D eigenvalue weighted by molar-refractivity contribution is 0.102. The van der Waals surface area contributed by atoms with E-state index in [0.29, 0.717) is 26.3 Å². The number of anilines is 1. The van der Waals surface area contributed by atoms with Gasteiger partial charge in [0.1, 0.15) is 0 Å². The van der Waals surface area contributed by atoms with Crippen molar-refractivity contribution in [2.45, 2.75) is 0 Å². The summed E-state index contributed by atoms with van der Waals surface area (Å²) in [4.78, 5) is 15.4. The molecular weight excluding hydrogens is 331 g/mol. The van der Waals surface area contributed by atoms with Gasteiger partial charge in [-0.2, -0.15) is 0 Å². The Labute approximate surface area is 135 Å². The molecule has 1 aromatic heterocycles. The van der Waals surface area contributed by atoms with Crippen molar-refractivity contribution in [2.75, 3.05) is 5.32 Å². The van der Waals surface area contributed by atoms with E-state index in [9.17, 15) is 4.79 Å². The number of rotatable bonds is 2. The van der Waals surface area contributed by atoms with E-state index in [1.807, 2.05) is 0 Å². The maximum atomic E-state index is 12.4. The second-order valence-electron chi connectivity index (χ2n) is 4.47. The Kier molecular flexibility index (Phi) is 3.81. The molecule has 0 bridgehead atoms. The fourth-order valence-corrected chi connectivity index (χ4v) is 2.58. The van der Waals surface area contributed by atoms with Crippen LogP contribution >= 0.6 is 34.8 Å². The van der Waals surface area contributed by atoms with Gasteiger partial charge in [0, 0.05) is 27.1 Å². The van der Waals surface area contributed by atoms with E-state index < -0.39 is 0 Å². The molecule has 0 saturated carbocycles. The van der Waals surface area contributed by atoms with E-state index in [-0.39, 0.29) is 5.91 Å². The number of H-pyrrole nitrogens is 1. The van der Waals surface area contributed by atoms with Crippen LogP contribution in [0.2, 0.25) is 15.1 Å². The fourth-order valence-electron chi connectivity index (χ4n) is 2.07. The van der Waals surface area contributed by atoms with Gasteiger partial charge >= 0.3 is 0 Å². The van der Waals surface area contributed by atoms with Gasteiger partial charge in [0.2, 0.25) is 0 Å². The van der Waals surface area contributed by atoms with Gasteiger partial charge in [-0.1, -0.05) is 40.9 Å². The fraction of sp³-hybridized carbons (Fsp3) is 0. The molecule has 0 fully saturated rings. The zero-order valence-electron chi connectivity index (χ0n) is 10.6. The van der Waals surface area contributed by atoms with Gasteiger partial charge in [0.25, 0.3) is 5.91 Å². The van der Waals surface area contributed by atoms with Crippen LogP contribution in [0.25, 0.3) is 10.9 Å². The van der Waals surface area contributed by atoms with Crippen LogP contribution in [0.3, 0.4) is 0 Å². The molecule has 0 atom stereocenters. The average Bonchev–Trinajstić information content (AvgIpc) is 2.85. The molecule has 0 saturated heterocycles. The number of aromatic amines is 1. The minimum Gasteiger partial charge on any atom is -0.360 e. The maximum absolute atomic E-state index is 12.4. The van der Waals surface area contributed by atoms with Crippen LogP contribution in [-0.4, -0.2) is 10.9 Å². The van der Waals surface area contributed by atoms with Crippen LogP contribution in [0.5, 0.6) is 0 Å². The van der Waals surface area contributed by atoms with E-state index >= 15 is 0 Å². The number of amides is 1. The number of carbonyl (C=O) groups excluding carboxylic acids is 1. The first-order valence-electron chi connectivity index (χ1n) is 6.07. The van der Waals surface area contributed by atoms with Gasteiger partial charge in [-0.15, -0.1) is 0 Å². The molecule has 3 rings (SSSR count). The van der Waals surface area contributed by atoms with Crippen molar-refractivity contribution in [1.29, 1.82) is 0 Å². The summed E-state index contributed by atoms with van der Waals surface area (Å²) < 4.78 is 0. The summed E-state index contributed by atoms with van der Waals surface area (Å²) in [6, 6.07) is 10.2. The molecule has 2 N–H and O–H groups in total. The maximum Gasteiger partial charge on any atom is 0.257 e. The Bertz CT molecular complexity index is 842. The highest BCUT2D eigenvalue weighted by molar-refractivity contribution is 6.36. The van der Waals surface area contributed by atoms with Gasteiger partial charge in [0.15, 0.2) is 0 Å². The van der Waals surface area contributed by atoms with Crippen LogP contribution in [0.1, 0.15) is 10.4 Å². The lowest BCUT2D eigenvalue weighted by Gasteiger charge is -2.07. The van der Waals surface area contributed by atoms with Crippen molar-refractivity contribution >= 4 is 57.3 Å². The summed E-state index contributed by atoms with van der Waals surface area (Å²) in [7, 11) is 0. The summed E-state index contributed by atoms with van der Waals surface area (Å²) in [6.07, 6.45) is 1.63. The normalized spacial score (nSPS) is 10.8. The van der Waals surface area contributed by atoms with Gasteiger partial charge in [-0.25, -0.2) is 0 Å². The van der Waals surface area contributed by atoms with E-state index in [1.165, 1.54) is 0 Å². The van der Waals surface area contributed by atoms with E-state index in [4.69, 9.17) is 34.8 Å². The molecule has 0 unspecified atom stereocenters. The van der Waals surface area contributed by atoms with E-state index in [0.717, 1.165) is 10.9 Å². The van der Waals surface area contributed by atoms with Gasteiger partial charge < -0.3 is 10.3 Å². The second-order valence-corrected chi connectivity index (χ2v) is 5.75. The van der Waals surface area contributed by atoms with E-state index in [1.54, 1.807) is 42.6 Å². The van der Waals surface area contributed by atoms with Crippen molar-refractivity contribution in [2.24, 2.45) is 0 Å². The topological polar surface area (TPSA) is 44.9 Å². The zero-order chi connectivity index (χ0) is 15.0. The Balaban J connectivity index is 1.95. The highest BCUT2D eigenvalue weighted by atomic mass is 35.5. The van der Waals surface area contributed by atoms with Crippen LogP contribution in [0, 0.1) is 0 Å². The third kappa shape index (κ3) is 2.86. The first-order valence-corrected chi connectivity index (χ1v) is 7.21. The Morgan fingerprint density at radius 3 is 2.52 bits per heavy atom. The van der Waals surface area contributed by atoms with Crippen molar-refractivity contribution in [3.05, 3.63) is 63.2 Å². The quantitative estimate of drug-likeness (QED) is 0.647. The first kappa shape index (κ1) is 14.3. The minimum absolute atomic E-state index is 0.271. The number of aromatic nitrogens is 1. The minimum atomic E-state index is -0.271. The molecular formula is C15H9Cl3N2O. The molecule has 6 heteroatoms. The number of benzene rings is 2. The predicted molar refractivity (Wildman–Crippen MR) is 87.7 cm³/mol. The van der Waals surface area contributed by atoms with Crippen molar-refractivity contribution in [3.8, 4) is 0 Å². The van der Waals surface area contributed by atoms with Gasteiger partial charge in [-0.3, -0.25) is 4.79 Å². The van der Waals surface area contributed by atoms with Crippen LogP contribution in [0.4, 0.5) is 5.69 Å². The molecule has 21 heavy (non-hydrogen) atoms. The predicted octanol–water partition coefficient (Wildman–Crippen LogP) is 5.38. The second kappa shape index (κ2) is 5.60. The molecule has 0 aliphatic rings. The number of halogens is 3. The third-order valence-electron chi connectivity index (χ3n) is 3.07. The summed E-state index contributed by atoms with van der Waals surface area (Å²) in [5.74, 6) is -0.271. The number of hydrogen-bond donors (Lipinski definition) is 2. The lowest BCUT2D eigenvalue weighted by Crippen LogP contribution is -2.11. The average molecular weight is 340 g/mol. The largest absolute Gasteiger partial charge is 0.360 e. The van der Waals surface area contributed by atoms with Crippen LogP contribution < -0.4 is 5.32 Å². The summed E-state index contributed by atoms with van der Waals surface area (Å²) in [6.45, 7) is 0. The summed E-state index contributed by atoms with van der Waals surface area (Å²) >= 11 is 17.9. The van der Waals surface area contributed by atoms with Crippen molar-refractivity contribution in [3.63, 3.8) is 0 Å². The Hall–Kier alpha value is -1.68. The van der Waals surface area contributed by atoms with Crippen LogP contribution in [0.15, 0.2) is 42.6 Å². The molecule has 2 aromatic carbocycles. The third-order valence-corrected chi connectivity index (χ3v) is 3.86. The van der Waals surface area contributed by atoms with Crippen molar-refractivity contribution in [1.82, 2.24) is 4.98 Å². The highest BCUT2D eigenvalue weighted by Crippen LogP contribution is 2.27. The molecule has 3 nitrogen and oxygen atoms in total. The number of carbonyl (C=O) groups is 1. The smallest absolute Gasteiger partial charge is 0.257 e. The standard InChI is InChI=1S/C15H9Cl3N2O/c16-8-1-3-10-11(7-19-13(10)5-8)15(21)20-14-6-9(17)2-4-12(14)18/h1-7,19H,(H,20,21). The highest BCUT2D eigenvalue weighted by Gasteiger charge is 2.14. The van der Waals surface area contributed by atoms with Gasteiger partial charge in [0.05, 0.1) is 16.3 Å². The first-order chi connectivity index (χ1) is 10.0.